The normalized spacial score (nSPS) is 19.8. The molecular formula is C20H27IN4OS. The van der Waals surface area contributed by atoms with E-state index in [2.05, 4.69) is 50.2 Å². The van der Waals surface area contributed by atoms with Crippen LogP contribution in [0.15, 0.2) is 46.8 Å². The lowest BCUT2D eigenvalue weighted by molar-refractivity contribution is 0.234. The lowest BCUT2D eigenvalue weighted by atomic mass is 10.1. The quantitative estimate of drug-likeness (QED) is 0.385. The third-order valence-electron chi connectivity index (χ3n) is 5.09. The second-order valence-corrected chi connectivity index (χ2v) is 7.79. The van der Waals surface area contributed by atoms with Gasteiger partial charge < -0.3 is 20.3 Å². The molecule has 3 heterocycles. The van der Waals surface area contributed by atoms with Gasteiger partial charge in [0, 0.05) is 32.6 Å². The summed E-state index contributed by atoms with van der Waals surface area (Å²) >= 11 is 1.82. The maximum atomic E-state index is 6.00. The molecule has 1 unspecified atom stereocenters. The van der Waals surface area contributed by atoms with Gasteiger partial charge in [0.05, 0.1) is 11.5 Å². The summed E-state index contributed by atoms with van der Waals surface area (Å²) in [6, 6.07) is 13.1. The number of guanidine groups is 1. The summed E-state index contributed by atoms with van der Waals surface area (Å²) in [7, 11) is 1.83. The van der Waals surface area contributed by atoms with Crippen LogP contribution >= 0.6 is 35.3 Å². The molecule has 1 saturated heterocycles. The molecule has 2 aromatic rings. The van der Waals surface area contributed by atoms with Crippen LogP contribution in [0.4, 0.5) is 5.00 Å². The summed E-state index contributed by atoms with van der Waals surface area (Å²) < 4.78 is 6.00. The molecule has 2 aliphatic rings. The lowest BCUT2D eigenvalue weighted by Gasteiger charge is -2.33. The number of nitrogens with zero attached hydrogens (tertiary/aromatic N) is 2. The standard InChI is InChI=1S/C20H26N4OS.HI/c1-21-20(22-14-17-13-15-5-2-3-6-18(15)25-17)23-16-8-10-24(11-9-16)19-7-4-12-26-19;/h2-7,12,16-17H,8-11,13-14H2,1H3,(H2,21,22,23);1H. The Labute approximate surface area is 182 Å². The Balaban J connectivity index is 0.00000210. The molecule has 0 radical (unpaired) electrons. The molecule has 146 valence electrons. The van der Waals surface area contributed by atoms with Gasteiger partial charge in [0.1, 0.15) is 11.9 Å². The minimum absolute atomic E-state index is 0. The first kappa shape index (κ1) is 20.3. The van der Waals surface area contributed by atoms with Crippen molar-refractivity contribution < 1.29 is 4.74 Å². The number of ether oxygens (including phenoxy) is 1. The molecule has 0 saturated carbocycles. The van der Waals surface area contributed by atoms with Gasteiger partial charge in [0.25, 0.3) is 0 Å². The minimum atomic E-state index is 0. The number of halogens is 1. The molecule has 1 aromatic heterocycles. The van der Waals surface area contributed by atoms with E-state index in [0.29, 0.717) is 6.04 Å². The smallest absolute Gasteiger partial charge is 0.191 e. The molecule has 0 aliphatic carbocycles. The van der Waals surface area contributed by atoms with E-state index in [1.165, 1.54) is 10.6 Å². The number of fused-ring (bicyclic) bond motifs is 1. The monoisotopic (exact) mass is 498 g/mol. The average molecular weight is 498 g/mol. The minimum Gasteiger partial charge on any atom is -0.488 e. The fourth-order valence-electron chi connectivity index (χ4n) is 3.66. The van der Waals surface area contributed by atoms with Crippen molar-refractivity contribution in [1.29, 1.82) is 0 Å². The second kappa shape index (κ2) is 9.64. The number of aliphatic imine (C=N–C) groups is 1. The molecule has 7 heteroatoms. The third kappa shape index (κ3) is 5.07. The van der Waals surface area contributed by atoms with Crippen molar-refractivity contribution in [3.8, 4) is 5.75 Å². The number of benzene rings is 1. The van der Waals surface area contributed by atoms with Crippen LogP contribution in [0.5, 0.6) is 5.75 Å². The van der Waals surface area contributed by atoms with Gasteiger partial charge in [0.2, 0.25) is 0 Å². The van der Waals surface area contributed by atoms with Crippen molar-refractivity contribution in [2.75, 3.05) is 31.6 Å². The van der Waals surface area contributed by atoms with Crippen molar-refractivity contribution in [2.24, 2.45) is 4.99 Å². The highest BCUT2D eigenvalue weighted by Crippen LogP contribution is 2.28. The van der Waals surface area contributed by atoms with Crippen molar-refractivity contribution in [3.05, 3.63) is 47.3 Å². The van der Waals surface area contributed by atoms with Crippen LogP contribution in [0.1, 0.15) is 18.4 Å². The van der Waals surface area contributed by atoms with E-state index in [1.54, 1.807) is 0 Å². The Morgan fingerprint density at radius 2 is 2.04 bits per heavy atom. The third-order valence-corrected chi connectivity index (χ3v) is 6.02. The Morgan fingerprint density at radius 3 is 2.74 bits per heavy atom. The summed E-state index contributed by atoms with van der Waals surface area (Å²) in [6.07, 6.45) is 3.39. The maximum absolute atomic E-state index is 6.00. The maximum Gasteiger partial charge on any atom is 0.191 e. The molecule has 0 amide bonds. The summed E-state index contributed by atoms with van der Waals surface area (Å²) in [5, 5.41) is 10.5. The predicted molar refractivity (Wildman–Crippen MR) is 124 cm³/mol. The molecule has 1 aromatic carbocycles. The first-order valence-corrected chi connectivity index (χ1v) is 10.2. The van der Waals surface area contributed by atoms with Crippen molar-refractivity contribution in [3.63, 3.8) is 0 Å². The topological polar surface area (TPSA) is 48.9 Å². The van der Waals surface area contributed by atoms with Crippen molar-refractivity contribution in [2.45, 2.75) is 31.4 Å². The molecule has 0 bridgehead atoms. The van der Waals surface area contributed by atoms with Crippen LogP contribution in [-0.4, -0.2) is 44.8 Å². The van der Waals surface area contributed by atoms with E-state index in [4.69, 9.17) is 4.74 Å². The highest BCUT2D eigenvalue weighted by atomic mass is 127. The molecular weight excluding hydrogens is 471 g/mol. The zero-order chi connectivity index (χ0) is 17.8. The molecule has 2 aliphatic heterocycles. The van der Waals surface area contributed by atoms with Crippen LogP contribution in [0.2, 0.25) is 0 Å². The molecule has 0 spiro atoms. The van der Waals surface area contributed by atoms with Gasteiger partial charge in [0.15, 0.2) is 5.96 Å². The lowest BCUT2D eigenvalue weighted by Crippen LogP contribution is -2.50. The number of thiophene rings is 1. The van der Waals surface area contributed by atoms with Gasteiger partial charge in [-0.15, -0.1) is 35.3 Å². The van der Waals surface area contributed by atoms with Crippen LogP contribution in [0, 0.1) is 0 Å². The predicted octanol–water partition coefficient (Wildman–Crippen LogP) is 3.50. The van der Waals surface area contributed by atoms with E-state index in [9.17, 15) is 0 Å². The molecule has 2 N–H and O–H groups in total. The fourth-order valence-corrected chi connectivity index (χ4v) is 4.45. The van der Waals surface area contributed by atoms with Crippen molar-refractivity contribution >= 4 is 46.3 Å². The summed E-state index contributed by atoms with van der Waals surface area (Å²) in [4.78, 5) is 6.86. The number of rotatable bonds is 4. The van der Waals surface area contributed by atoms with Crippen molar-refractivity contribution in [1.82, 2.24) is 10.6 Å². The first-order valence-electron chi connectivity index (χ1n) is 9.32. The van der Waals surface area contributed by atoms with Crippen LogP contribution in [0.3, 0.4) is 0 Å². The van der Waals surface area contributed by atoms with Crippen LogP contribution < -0.4 is 20.3 Å². The van der Waals surface area contributed by atoms with E-state index in [1.807, 2.05) is 30.5 Å². The van der Waals surface area contributed by atoms with Gasteiger partial charge in [-0.25, -0.2) is 0 Å². The Bertz CT molecular complexity index is 719. The summed E-state index contributed by atoms with van der Waals surface area (Å²) in [5.74, 6) is 1.89. The zero-order valence-corrected chi connectivity index (χ0v) is 18.7. The highest BCUT2D eigenvalue weighted by Gasteiger charge is 2.24. The molecule has 1 atom stereocenters. The summed E-state index contributed by atoms with van der Waals surface area (Å²) in [5.41, 5.74) is 1.29. The number of anilines is 1. The van der Waals surface area contributed by atoms with E-state index < -0.39 is 0 Å². The molecule has 5 nitrogen and oxygen atoms in total. The largest absolute Gasteiger partial charge is 0.488 e. The van der Waals surface area contributed by atoms with Gasteiger partial charge in [-0.05, 0) is 42.0 Å². The molecule has 4 rings (SSSR count). The van der Waals surface area contributed by atoms with Gasteiger partial charge in [-0.3, -0.25) is 4.99 Å². The van der Waals surface area contributed by atoms with E-state index in [-0.39, 0.29) is 30.1 Å². The first-order chi connectivity index (χ1) is 12.8. The van der Waals surface area contributed by atoms with Gasteiger partial charge >= 0.3 is 0 Å². The summed E-state index contributed by atoms with van der Waals surface area (Å²) in [6.45, 7) is 2.95. The van der Waals surface area contributed by atoms with E-state index >= 15 is 0 Å². The van der Waals surface area contributed by atoms with E-state index in [0.717, 1.165) is 50.6 Å². The highest BCUT2D eigenvalue weighted by molar-refractivity contribution is 14.0. The average Bonchev–Trinajstić information content (AvgIpc) is 3.35. The van der Waals surface area contributed by atoms with Gasteiger partial charge in [-0.2, -0.15) is 0 Å². The van der Waals surface area contributed by atoms with Crippen LogP contribution in [-0.2, 0) is 6.42 Å². The zero-order valence-electron chi connectivity index (χ0n) is 15.6. The number of para-hydroxylation sites is 1. The number of nitrogens with one attached hydrogen (secondary N) is 2. The number of piperidine rings is 1. The van der Waals surface area contributed by atoms with Gasteiger partial charge in [-0.1, -0.05) is 18.2 Å². The fraction of sp³-hybridized carbons (Fsp3) is 0.450. The SMILES string of the molecule is CN=C(NCC1Cc2ccccc2O1)NC1CCN(c2cccs2)CC1.I. The Hall–Kier alpha value is -1.48. The molecule has 27 heavy (non-hydrogen) atoms. The van der Waals surface area contributed by atoms with Crippen LogP contribution in [0.25, 0.3) is 0 Å². The number of hydrogen-bond acceptors (Lipinski definition) is 4. The number of hydrogen-bond donors (Lipinski definition) is 2. The molecule has 1 fully saturated rings. The Morgan fingerprint density at radius 1 is 1.22 bits per heavy atom. The Kier molecular flexibility index (Phi) is 7.23. The second-order valence-electron chi connectivity index (χ2n) is 6.86.